The van der Waals surface area contributed by atoms with Crippen molar-refractivity contribution in [1.82, 2.24) is 5.32 Å². The molecule has 86 valence electrons. The molecule has 2 N–H and O–H groups in total. The molecule has 5 nitrogen and oxygen atoms in total. The van der Waals surface area contributed by atoms with E-state index in [0.717, 1.165) is 11.1 Å². The summed E-state index contributed by atoms with van der Waals surface area (Å²) in [5.41, 5.74) is 1.95. The number of nitrogens with one attached hydrogen (secondary N) is 1. The van der Waals surface area contributed by atoms with Crippen molar-refractivity contribution in [1.29, 1.82) is 0 Å². The fourth-order valence-electron chi connectivity index (χ4n) is 1.28. The molecule has 0 aromatic heterocycles. The molecule has 0 saturated carbocycles. The molecule has 1 aromatic carbocycles. The summed E-state index contributed by atoms with van der Waals surface area (Å²) in [4.78, 5) is 21.3. The zero-order chi connectivity index (χ0) is 12.1. The first-order chi connectivity index (χ1) is 7.47. The highest BCUT2D eigenvalue weighted by Crippen LogP contribution is 2.16. The summed E-state index contributed by atoms with van der Waals surface area (Å²) >= 11 is 0. The van der Waals surface area contributed by atoms with Gasteiger partial charge in [0.05, 0.1) is 0 Å². The normalized spacial score (nSPS) is 9.62. The molecule has 0 saturated heterocycles. The summed E-state index contributed by atoms with van der Waals surface area (Å²) in [6.45, 7) is 3.31. The summed E-state index contributed by atoms with van der Waals surface area (Å²) in [5, 5.41) is 10.5. The highest BCUT2D eigenvalue weighted by Gasteiger charge is 2.06. The first kappa shape index (κ1) is 12.0. The van der Waals surface area contributed by atoms with E-state index in [2.05, 4.69) is 5.32 Å². The van der Waals surface area contributed by atoms with Crippen molar-refractivity contribution in [3.63, 3.8) is 0 Å². The smallest absolute Gasteiger partial charge is 0.413 e. The highest BCUT2D eigenvalue weighted by molar-refractivity contribution is 5.77. The van der Waals surface area contributed by atoms with Crippen LogP contribution in [0.1, 0.15) is 11.1 Å². The average molecular weight is 223 g/mol. The molecule has 1 rings (SSSR count). The zero-order valence-corrected chi connectivity index (χ0v) is 9.11. The van der Waals surface area contributed by atoms with E-state index in [-0.39, 0.29) is 0 Å². The third kappa shape index (κ3) is 4.00. The molecule has 0 aliphatic rings. The molecule has 0 bridgehead atoms. The summed E-state index contributed by atoms with van der Waals surface area (Å²) in [5.74, 6) is -0.710. The number of carbonyl (C=O) groups is 2. The SMILES string of the molecule is Cc1cc(C)cc(OC(=O)NCC(=O)O)c1. The number of rotatable bonds is 3. The Bertz CT molecular complexity index is 394. The van der Waals surface area contributed by atoms with Crippen LogP contribution in [-0.4, -0.2) is 23.7 Å². The molecular weight excluding hydrogens is 210 g/mol. The van der Waals surface area contributed by atoms with Gasteiger partial charge in [-0.05, 0) is 37.1 Å². The van der Waals surface area contributed by atoms with Crippen molar-refractivity contribution in [2.24, 2.45) is 0 Å². The van der Waals surface area contributed by atoms with Crippen molar-refractivity contribution < 1.29 is 19.4 Å². The number of carboxylic acids is 1. The predicted molar refractivity (Wildman–Crippen MR) is 57.6 cm³/mol. The number of benzene rings is 1. The third-order valence-corrected chi connectivity index (χ3v) is 1.79. The first-order valence-electron chi connectivity index (χ1n) is 4.73. The van der Waals surface area contributed by atoms with E-state index in [0.29, 0.717) is 5.75 Å². The topological polar surface area (TPSA) is 75.6 Å². The van der Waals surface area contributed by atoms with Crippen LogP contribution in [0.15, 0.2) is 18.2 Å². The predicted octanol–water partition coefficient (Wildman–Crippen LogP) is 1.48. The van der Waals surface area contributed by atoms with Crippen LogP contribution in [-0.2, 0) is 4.79 Å². The van der Waals surface area contributed by atoms with Crippen molar-refractivity contribution in [2.45, 2.75) is 13.8 Å². The Hall–Kier alpha value is -2.04. The van der Waals surface area contributed by atoms with Crippen LogP contribution in [0.2, 0.25) is 0 Å². The molecule has 0 unspecified atom stereocenters. The van der Waals surface area contributed by atoms with Crippen LogP contribution in [0.3, 0.4) is 0 Å². The van der Waals surface area contributed by atoms with Crippen molar-refractivity contribution in [2.75, 3.05) is 6.54 Å². The molecule has 0 heterocycles. The summed E-state index contributed by atoms with van der Waals surface area (Å²) < 4.78 is 4.91. The van der Waals surface area contributed by atoms with Gasteiger partial charge in [0.2, 0.25) is 0 Å². The Morgan fingerprint density at radius 3 is 2.31 bits per heavy atom. The van der Waals surface area contributed by atoms with Crippen LogP contribution in [0.5, 0.6) is 5.75 Å². The highest BCUT2D eigenvalue weighted by atomic mass is 16.6. The van der Waals surface area contributed by atoms with Crippen LogP contribution in [0, 0.1) is 13.8 Å². The van der Waals surface area contributed by atoms with Crippen molar-refractivity contribution in [3.05, 3.63) is 29.3 Å². The number of aliphatic carboxylic acids is 1. The van der Waals surface area contributed by atoms with Crippen LogP contribution in [0.4, 0.5) is 4.79 Å². The van der Waals surface area contributed by atoms with Gasteiger partial charge in [0.15, 0.2) is 0 Å². The lowest BCUT2D eigenvalue weighted by atomic mass is 10.1. The summed E-state index contributed by atoms with van der Waals surface area (Å²) in [6, 6.07) is 5.35. The number of carboxylic acid groups (broad SMARTS) is 1. The van der Waals surface area contributed by atoms with E-state index in [1.807, 2.05) is 19.9 Å². The van der Waals surface area contributed by atoms with Gasteiger partial charge in [-0.3, -0.25) is 4.79 Å². The Morgan fingerprint density at radius 2 is 1.81 bits per heavy atom. The fourth-order valence-corrected chi connectivity index (χ4v) is 1.28. The fraction of sp³-hybridized carbons (Fsp3) is 0.273. The second-order valence-electron chi connectivity index (χ2n) is 3.46. The Morgan fingerprint density at radius 1 is 1.25 bits per heavy atom. The zero-order valence-electron chi connectivity index (χ0n) is 9.11. The quantitative estimate of drug-likeness (QED) is 0.813. The lowest BCUT2D eigenvalue weighted by Crippen LogP contribution is -2.31. The van der Waals surface area contributed by atoms with E-state index in [1.54, 1.807) is 12.1 Å². The minimum atomic E-state index is -1.11. The lowest BCUT2D eigenvalue weighted by molar-refractivity contribution is -0.135. The molecule has 0 aliphatic heterocycles. The Kier molecular flexibility index (Phi) is 3.88. The number of carbonyl (C=O) groups excluding carboxylic acids is 1. The minimum absolute atomic E-state index is 0.403. The molecule has 0 atom stereocenters. The second-order valence-corrected chi connectivity index (χ2v) is 3.46. The van der Waals surface area contributed by atoms with Gasteiger partial charge in [-0.1, -0.05) is 6.07 Å². The maximum Gasteiger partial charge on any atom is 0.413 e. The van der Waals surface area contributed by atoms with Gasteiger partial charge in [0.25, 0.3) is 0 Å². The maximum atomic E-state index is 11.1. The monoisotopic (exact) mass is 223 g/mol. The summed E-state index contributed by atoms with van der Waals surface area (Å²) in [6.07, 6.45) is -0.771. The summed E-state index contributed by atoms with van der Waals surface area (Å²) in [7, 11) is 0. The molecule has 5 heteroatoms. The van der Waals surface area contributed by atoms with Gasteiger partial charge in [-0.25, -0.2) is 4.79 Å². The second kappa shape index (κ2) is 5.16. The van der Waals surface area contributed by atoms with Gasteiger partial charge in [-0.2, -0.15) is 0 Å². The van der Waals surface area contributed by atoms with Gasteiger partial charge in [0.1, 0.15) is 12.3 Å². The molecule has 16 heavy (non-hydrogen) atoms. The van der Waals surface area contributed by atoms with Crippen LogP contribution >= 0.6 is 0 Å². The number of amides is 1. The molecule has 1 aromatic rings. The minimum Gasteiger partial charge on any atom is -0.480 e. The largest absolute Gasteiger partial charge is 0.480 e. The van der Waals surface area contributed by atoms with Gasteiger partial charge < -0.3 is 15.2 Å². The standard InChI is InChI=1S/C11H13NO4/c1-7-3-8(2)5-9(4-7)16-11(15)12-6-10(13)14/h3-5H,6H2,1-2H3,(H,12,15)(H,13,14). The van der Waals surface area contributed by atoms with Crippen molar-refractivity contribution >= 4 is 12.1 Å². The molecular formula is C11H13NO4. The third-order valence-electron chi connectivity index (χ3n) is 1.79. The molecule has 0 radical (unpaired) electrons. The average Bonchev–Trinajstić information content (AvgIpc) is 2.12. The van der Waals surface area contributed by atoms with E-state index < -0.39 is 18.6 Å². The molecule has 0 spiro atoms. The van der Waals surface area contributed by atoms with Gasteiger partial charge in [0, 0.05) is 0 Å². The Labute approximate surface area is 93.0 Å². The number of ether oxygens (including phenoxy) is 1. The van der Waals surface area contributed by atoms with E-state index in [1.165, 1.54) is 0 Å². The number of hydrogen-bond acceptors (Lipinski definition) is 3. The molecule has 1 amide bonds. The van der Waals surface area contributed by atoms with E-state index in [4.69, 9.17) is 9.84 Å². The van der Waals surface area contributed by atoms with Gasteiger partial charge >= 0.3 is 12.1 Å². The lowest BCUT2D eigenvalue weighted by Gasteiger charge is -2.06. The van der Waals surface area contributed by atoms with Crippen molar-refractivity contribution in [3.8, 4) is 5.75 Å². The molecule has 0 fully saturated rings. The molecule has 0 aliphatic carbocycles. The maximum absolute atomic E-state index is 11.1. The first-order valence-corrected chi connectivity index (χ1v) is 4.73. The Balaban J connectivity index is 2.59. The number of hydrogen-bond donors (Lipinski definition) is 2. The van der Waals surface area contributed by atoms with Crippen LogP contribution in [0.25, 0.3) is 0 Å². The number of aryl methyl sites for hydroxylation is 2. The van der Waals surface area contributed by atoms with E-state index in [9.17, 15) is 9.59 Å². The van der Waals surface area contributed by atoms with E-state index >= 15 is 0 Å². The van der Waals surface area contributed by atoms with Crippen LogP contribution < -0.4 is 10.1 Å². The van der Waals surface area contributed by atoms with Gasteiger partial charge in [-0.15, -0.1) is 0 Å².